The van der Waals surface area contributed by atoms with E-state index in [4.69, 9.17) is 28.3 Å². The zero-order chi connectivity index (χ0) is 22.4. The fourth-order valence-corrected chi connectivity index (χ4v) is 3.89. The molecule has 0 bridgehead atoms. The Morgan fingerprint density at radius 3 is 2.52 bits per heavy atom. The molecule has 0 aliphatic rings. The number of hydrogen-bond acceptors (Lipinski definition) is 5. The summed E-state index contributed by atoms with van der Waals surface area (Å²) in [5.74, 6) is -1.08. The number of anilines is 1. The Balaban J connectivity index is 1.64. The molecule has 0 fully saturated rings. The van der Waals surface area contributed by atoms with E-state index in [2.05, 4.69) is 16.4 Å². The number of thioether (sulfide) groups is 1. The van der Waals surface area contributed by atoms with E-state index >= 15 is 0 Å². The number of nitrogens with zero attached hydrogens (tertiary/aromatic N) is 2. The van der Waals surface area contributed by atoms with Crippen molar-refractivity contribution in [3.8, 4) is 17.3 Å². The number of nitriles is 1. The highest BCUT2D eigenvalue weighted by Crippen LogP contribution is 2.27. The number of carboxylic acid groups (broad SMARTS) is 1. The molecular weight excluding hydrogens is 457 g/mol. The molecule has 156 valence electrons. The molecule has 0 aliphatic carbocycles. The van der Waals surface area contributed by atoms with Gasteiger partial charge in [0, 0.05) is 28.4 Å². The number of rotatable bonds is 7. The van der Waals surface area contributed by atoms with E-state index < -0.39 is 5.97 Å². The maximum Gasteiger partial charge on any atom is 0.337 e. The molecule has 0 unspecified atom stereocenters. The summed E-state index contributed by atoms with van der Waals surface area (Å²) in [6.07, 6.45) is 0.146. The van der Waals surface area contributed by atoms with E-state index in [0.717, 1.165) is 5.56 Å². The largest absolute Gasteiger partial charge is 0.478 e. The standard InChI is InChI=1S/C22H15Cl2N3O3S/c23-15-4-1-13(2-5-15)19-8-3-14(12-25)21(27-19)31-10-9-20(28)26-16-6-7-18(24)17(11-16)22(29)30/h1-8,11H,9-10H2,(H,26,28)(H,29,30). The van der Waals surface area contributed by atoms with Gasteiger partial charge < -0.3 is 10.4 Å². The summed E-state index contributed by atoms with van der Waals surface area (Å²) in [6.45, 7) is 0. The zero-order valence-corrected chi connectivity index (χ0v) is 18.3. The van der Waals surface area contributed by atoms with Gasteiger partial charge in [0.05, 0.1) is 21.8 Å². The highest BCUT2D eigenvalue weighted by atomic mass is 35.5. The van der Waals surface area contributed by atoms with Crippen LogP contribution in [0.3, 0.4) is 0 Å². The molecule has 3 aromatic rings. The number of aromatic nitrogens is 1. The summed E-state index contributed by atoms with van der Waals surface area (Å²) >= 11 is 13.1. The molecule has 31 heavy (non-hydrogen) atoms. The number of halogens is 2. The Hall–Kier alpha value is -3.05. The monoisotopic (exact) mass is 471 g/mol. The summed E-state index contributed by atoms with van der Waals surface area (Å²) < 4.78 is 0. The minimum Gasteiger partial charge on any atom is -0.478 e. The first-order chi connectivity index (χ1) is 14.9. The van der Waals surface area contributed by atoms with Gasteiger partial charge in [-0.2, -0.15) is 5.26 Å². The topological polar surface area (TPSA) is 103 Å². The first-order valence-corrected chi connectivity index (χ1v) is 10.7. The van der Waals surface area contributed by atoms with Crippen molar-refractivity contribution in [1.29, 1.82) is 5.26 Å². The predicted molar refractivity (Wildman–Crippen MR) is 122 cm³/mol. The van der Waals surface area contributed by atoms with Crippen molar-refractivity contribution in [2.45, 2.75) is 11.4 Å². The fourth-order valence-electron chi connectivity index (χ4n) is 2.65. The molecule has 2 aromatic carbocycles. The highest BCUT2D eigenvalue weighted by molar-refractivity contribution is 7.99. The van der Waals surface area contributed by atoms with Crippen molar-refractivity contribution in [2.24, 2.45) is 0 Å². The Kier molecular flexibility index (Phi) is 7.53. The Morgan fingerprint density at radius 1 is 1.10 bits per heavy atom. The van der Waals surface area contributed by atoms with Crippen LogP contribution in [0, 0.1) is 11.3 Å². The van der Waals surface area contributed by atoms with Gasteiger partial charge in [-0.3, -0.25) is 4.79 Å². The van der Waals surface area contributed by atoms with Crippen molar-refractivity contribution in [3.05, 3.63) is 75.8 Å². The maximum atomic E-state index is 12.2. The van der Waals surface area contributed by atoms with Crippen LogP contribution < -0.4 is 5.32 Å². The van der Waals surface area contributed by atoms with Crippen LogP contribution in [-0.2, 0) is 4.79 Å². The molecule has 6 nitrogen and oxygen atoms in total. The van der Waals surface area contributed by atoms with Crippen LogP contribution in [0.2, 0.25) is 10.0 Å². The van der Waals surface area contributed by atoms with Gasteiger partial charge in [-0.1, -0.05) is 35.3 Å². The second-order valence-electron chi connectivity index (χ2n) is 6.31. The summed E-state index contributed by atoms with van der Waals surface area (Å²) in [6, 6.07) is 17.0. The van der Waals surface area contributed by atoms with Crippen molar-refractivity contribution < 1.29 is 14.7 Å². The lowest BCUT2D eigenvalue weighted by atomic mass is 10.1. The lowest BCUT2D eigenvalue weighted by molar-refractivity contribution is -0.115. The zero-order valence-electron chi connectivity index (χ0n) is 15.9. The van der Waals surface area contributed by atoms with Crippen LogP contribution in [-0.4, -0.2) is 27.7 Å². The number of pyridine rings is 1. The van der Waals surface area contributed by atoms with Gasteiger partial charge in [-0.15, -0.1) is 11.8 Å². The first kappa shape index (κ1) is 22.6. The lowest BCUT2D eigenvalue weighted by Crippen LogP contribution is -2.13. The maximum absolute atomic E-state index is 12.2. The van der Waals surface area contributed by atoms with E-state index in [1.807, 2.05) is 12.1 Å². The minimum atomic E-state index is -1.17. The summed E-state index contributed by atoms with van der Waals surface area (Å²) in [7, 11) is 0. The van der Waals surface area contributed by atoms with Crippen molar-refractivity contribution in [2.75, 3.05) is 11.1 Å². The van der Waals surface area contributed by atoms with Gasteiger partial charge in [0.2, 0.25) is 5.91 Å². The molecule has 0 saturated heterocycles. The Bertz CT molecular complexity index is 1180. The summed E-state index contributed by atoms with van der Waals surface area (Å²) in [5.41, 5.74) is 2.25. The van der Waals surface area contributed by atoms with E-state index in [0.29, 0.717) is 32.7 Å². The molecule has 0 saturated carbocycles. The average Bonchev–Trinajstić information content (AvgIpc) is 2.75. The van der Waals surface area contributed by atoms with Gasteiger partial charge >= 0.3 is 5.97 Å². The SMILES string of the molecule is N#Cc1ccc(-c2ccc(Cl)cc2)nc1SCCC(=O)Nc1ccc(Cl)c(C(=O)O)c1. The first-order valence-electron chi connectivity index (χ1n) is 9.00. The van der Waals surface area contributed by atoms with Crippen molar-refractivity contribution >= 4 is 52.5 Å². The third-order valence-corrected chi connectivity index (χ3v) is 5.74. The van der Waals surface area contributed by atoms with Crippen LogP contribution in [0.4, 0.5) is 5.69 Å². The predicted octanol–water partition coefficient (Wildman–Crippen LogP) is 5.75. The van der Waals surface area contributed by atoms with E-state index in [-0.39, 0.29) is 22.9 Å². The normalized spacial score (nSPS) is 10.4. The van der Waals surface area contributed by atoms with Crippen LogP contribution in [0.1, 0.15) is 22.3 Å². The number of nitrogens with one attached hydrogen (secondary N) is 1. The second-order valence-corrected chi connectivity index (χ2v) is 8.24. The van der Waals surface area contributed by atoms with E-state index in [1.54, 1.807) is 24.3 Å². The van der Waals surface area contributed by atoms with E-state index in [9.17, 15) is 14.9 Å². The molecule has 0 atom stereocenters. The summed E-state index contributed by atoms with van der Waals surface area (Å²) in [5, 5.41) is 22.4. The fraction of sp³-hybridized carbons (Fsp3) is 0.0909. The number of carboxylic acids is 1. The Morgan fingerprint density at radius 2 is 1.84 bits per heavy atom. The average molecular weight is 472 g/mol. The smallest absolute Gasteiger partial charge is 0.337 e. The number of benzene rings is 2. The number of carbonyl (C=O) groups excluding carboxylic acids is 1. The Labute approximate surface area is 192 Å². The van der Waals surface area contributed by atoms with Crippen LogP contribution in [0.25, 0.3) is 11.3 Å². The second kappa shape index (κ2) is 10.3. The molecule has 9 heteroatoms. The van der Waals surface area contributed by atoms with Gasteiger partial charge in [-0.05, 0) is 42.5 Å². The molecular formula is C22H15Cl2N3O3S. The lowest BCUT2D eigenvalue weighted by Gasteiger charge is -2.08. The van der Waals surface area contributed by atoms with Crippen LogP contribution in [0.15, 0.2) is 59.6 Å². The third kappa shape index (κ3) is 5.98. The molecule has 3 rings (SSSR count). The number of hydrogen-bond donors (Lipinski definition) is 2. The molecule has 2 N–H and O–H groups in total. The van der Waals surface area contributed by atoms with Crippen molar-refractivity contribution in [3.63, 3.8) is 0 Å². The molecule has 0 spiro atoms. The number of aromatic carboxylic acids is 1. The molecule has 1 heterocycles. The molecule has 0 aliphatic heterocycles. The minimum absolute atomic E-state index is 0.0873. The number of carbonyl (C=O) groups is 2. The molecule has 0 radical (unpaired) electrons. The molecule has 1 aromatic heterocycles. The van der Waals surface area contributed by atoms with E-state index in [1.165, 1.54) is 30.0 Å². The van der Waals surface area contributed by atoms with Gasteiger partial charge in [-0.25, -0.2) is 9.78 Å². The third-order valence-electron chi connectivity index (χ3n) is 4.17. The number of amides is 1. The van der Waals surface area contributed by atoms with Crippen LogP contribution >= 0.6 is 35.0 Å². The quantitative estimate of drug-likeness (QED) is 0.425. The highest BCUT2D eigenvalue weighted by Gasteiger charge is 2.12. The molecule has 1 amide bonds. The van der Waals surface area contributed by atoms with Gasteiger partial charge in [0.1, 0.15) is 11.1 Å². The van der Waals surface area contributed by atoms with Crippen LogP contribution in [0.5, 0.6) is 0 Å². The summed E-state index contributed by atoms with van der Waals surface area (Å²) in [4.78, 5) is 27.9. The van der Waals surface area contributed by atoms with Crippen molar-refractivity contribution in [1.82, 2.24) is 4.98 Å². The van der Waals surface area contributed by atoms with Gasteiger partial charge in [0.25, 0.3) is 0 Å². The van der Waals surface area contributed by atoms with Gasteiger partial charge in [0.15, 0.2) is 0 Å².